The largest absolute Gasteiger partial charge is 0.123 e. The summed E-state index contributed by atoms with van der Waals surface area (Å²) in [6, 6.07) is 0. The molecule has 0 rings (SSSR count). The lowest BCUT2D eigenvalue weighted by Crippen LogP contribution is -2.11. The summed E-state index contributed by atoms with van der Waals surface area (Å²) in [7, 11) is 0. The first-order valence-corrected chi connectivity index (χ1v) is 5.80. The van der Waals surface area contributed by atoms with Gasteiger partial charge >= 0.3 is 0 Å². The fraction of sp³-hybridized carbons (Fsp3) is 1.00. The van der Waals surface area contributed by atoms with Gasteiger partial charge in [0.15, 0.2) is 0 Å². The van der Waals surface area contributed by atoms with Crippen LogP contribution in [0.2, 0.25) is 0 Å². The molecule has 1 unspecified atom stereocenters. The lowest BCUT2D eigenvalue weighted by atomic mass is 9.93. The molecule has 0 aromatic carbocycles. The Bertz CT molecular complexity index is 81.0. The molecule has 74 valence electrons. The van der Waals surface area contributed by atoms with Gasteiger partial charge in [0.1, 0.15) is 0 Å². The van der Waals surface area contributed by atoms with Gasteiger partial charge in [0.25, 0.3) is 0 Å². The van der Waals surface area contributed by atoms with Crippen molar-refractivity contribution in [3.8, 4) is 0 Å². The minimum atomic E-state index is 0.364. The van der Waals surface area contributed by atoms with Gasteiger partial charge in [-0.1, -0.05) is 39.5 Å². The van der Waals surface area contributed by atoms with Crippen molar-refractivity contribution in [2.75, 3.05) is 0 Å². The van der Waals surface area contributed by atoms with Gasteiger partial charge < -0.3 is 0 Å². The highest BCUT2D eigenvalue weighted by molar-refractivity contribution is 6.20. The average Bonchev–Trinajstić information content (AvgIpc) is 2.04. The van der Waals surface area contributed by atoms with Crippen LogP contribution in [0, 0.1) is 5.92 Å². The van der Waals surface area contributed by atoms with Gasteiger partial charge in [0, 0.05) is 5.38 Å². The molecule has 0 aliphatic rings. The zero-order valence-corrected chi connectivity index (χ0v) is 9.53. The van der Waals surface area contributed by atoms with Crippen LogP contribution >= 0.6 is 11.6 Å². The summed E-state index contributed by atoms with van der Waals surface area (Å²) in [4.78, 5) is 0. The SMILES string of the molecule is CCCCC(CCCC)C(C)Cl. The zero-order chi connectivity index (χ0) is 9.40. The van der Waals surface area contributed by atoms with Crippen molar-refractivity contribution in [1.29, 1.82) is 0 Å². The second-order valence-corrected chi connectivity index (χ2v) is 4.41. The van der Waals surface area contributed by atoms with E-state index in [0.29, 0.717) is 5.38 Å². The molecule has 0 radical (unpaired) electrons. The minimum Gasteiger partial charge on any atom is -0.123 e. The van der Waals surface area contributed by atoms with E-state index >= 15 is 0 Å². The van der Waals surface area contributed by atoms with Crippen LogP contribution in [0.15, 0.2) is 0 Å². The van der Waals surface area contributed by atoms with Gasteiger partial charge in [-0.15, -0.1) is 11.6 Å². The molecular formula is C11H23Cl. The Hall–Kier alpha value is 0.290. The number of hydrogen-bond donors (Lipinski definition) is 0. The normalized spacial score (nSPS) is 13.8. The van der Waals surface area contributed by atoms with Crippen LogP contribution in [-0.4, -0.2) is 5.38 Å². The molecule has 0 aromatic heterocycles. The molecule has 12 heavy (non-hydrogen) atoms. The van der Waals surface area contributed by atoms with Crippen LogP contribution in [0.1, 0.15) is 59.3 Å². The van der Waals surface area contributed by atoms with E-state index in [1.54, 1.807) is 0 Å². The predicted octanol–water partition coefficient (Wildman–Crippen LogP) is 4.61. The van der Waals surface area contributed by atoms with Crippen LogP contribution in [0.25, 0.3) is 0 Å². The molecule has 0 N–H and O–H groups in total. The van der Waals surface area contributed by atoms with Crippen LogP contribution in [0.3, 0.4) is 0 Å². The highest BCUT2D eigenvalue weighted by Gasteiger charge is 2.13. The number of halogens is 1. The third-order valence-electron chi connectivity index (χ3n) is 2.51. The molecule has 1 heteroatoms. The van der Waals surface area contributed by atoms with Gasteiger partial charge in [-0.25, -0.2) is 0 Å². The van der Waals surface area contributed by atoms with E-state index in [9.17, 15) is 0 Å². The highest BCUT2D eigenvalue weighted by Crippen LogP contribution is 2.23. The fourth-order valence-corrected chi connectivity index (χ4v) is 1.79. The fourth-order valence-electron chi connectivity index (χ4n) is 1.54. The summed E-state index contributed by atoms with van der Waals surface area (Å²) >= 11 is 6.12. The molecular weight excluding hydrogens is 168 g/mol. The first-order valence-electron chi connectivity index (χ1n) is 5.36. The summed E-state index contributed by atoms with van der Waals surface area (Å²) < 4.78 is 0. The summed E-state index contributed by atoms with van der Waals surface area (Å²) in [5.74, 6) is 0.756. The van der Waals surface area contributed by atoms with Crippen molar-refractivity contribution in [2.45, 2.75) is 64.7 Å². The zero-order valence-electron chi connectivity index (χ0n) is 8.78. The summed E-state index contributed by atoms with van der Waals surface area (Å²) in [5.41, 5.74) is 0. The second-order valence-electron chi connectivity index (χ2n) is 3.72. The maximum atomic E-state index is 6.12. The topological polar surface area (TPSA) is 0 Å². The van der Waals surface area contributed by atoms with Gasteiger partial charge in [-0.2, -0.15) is 0 Å². The molecule has 0 nitrogen and oxygen atoms in total. The van der Waals surface area contributed by atoms with Crippen molar-refractivity contribution < 1.29 is 0 Å². The Morgan fingerprint density at radius 1 is 1.00 bits per heavy atom. The second kappa shape index (κ2) is 7.91. The molecule has 1 atom stereocenters. The molecule has 0 spiro atoms. The minimum absolute atomic E-state index is 0.364. The Kier molecular flexibility index (Phi) is 8.11. The Labute approximate surface area is 82.7 Å². The third kappa shape index (κ3) is 5.88. The van der Waals surface area contributed by atoms with E-state index in [2.05, 4.69) is 20.8 Å². The Balaban J connectivity index is 3.55. The maximum Gasteiger partial charge on any atom is 0.0336 e. The number of hydrogen-bond acceptors (Lipinski definition) is 0. The van der Waals surface area contributed by atoms with Gasteiger partial charge in [-0.05, 0) is 25.7 Å². The van der Waals surface area contributed by atoms with Crippen molar-refractivity contribution in [1.82, 2.24) is 0 Å². The molecule has 0 saturated heterocycles. The van der Waals surface area contributed by atoms with Crippen molar-refractivity contribution in [2.24, 2.45) is 5.92 Å². The number of alkyl halides is 1. The molecule has 0 aliphatic heterocycles. The maximum absolute atomic E-state index is 6.12. The standard InChI is InChI=1S/C11H23Cl/c1-4-6-8-11(10(3)12)9-7-5-2/h10-11H,4-9H2,1-3H3. The summed E-state index contributed by atoms with van der Waals surface area (Å²) in [6.45, 7) is 6.63. The summed E-state index contributed by atoms with van der Waals surface area (Å²) in [5, 5.41) is 0.364. The molecule has 0 aliphatic carbocycles. The van der Waals surface area contributed by atoms with Crippen LogP contribution in [0.5, 0.6) is 0 Å². The van der Waals surface area contributed by atoms with E-state index in [1.807, 2.05) is 0 Å². The van der Waals surface area contributed by atoms with E-state index in [0.717, 1.165) is 5.92 Å². The molecule has 0 bridgehead atoms. The highest BCUT2D eigenvalue weighted by atomic mass is 35.5. The summed E-state index contributed by atoms with van der Waals surface area (Å²) in [6.07, 6.45) is 7.91. The van der Waals surface area contributed by atoms with Gasteiger partial charge in [0.05, 0.1) is 0 Å². The lowest BCUT2D eigenvalue weighted by molar-refractivity contribution is 0.413. The van der Waals surface area contributed by atoms with Gasteiger partial charge in [0.2, 0.25) is 0 Å². The molecule has 0 heterocycles. The molecule has 0 saturated carbocycles. The first-order chi connectivity index (χ1) is 5.72. The van der Waals surface area contributed by atoms with Crippen LogP contribution in [0.4, 0.5) is 0 Å². The van der Waals surface area contributed by atoms with E-state index in [1.165, 1.54) is 38.5 Å². The van der Waals surface area contributed by atoms with E-state index < -0.39 is 0 Å². The Morgan fingerprint density at radius 3 is 1.67 bits per heavy atom. The Morgan fingerprint density at radius 2 is 1.42 bits per heavy atom. The molecule has 0 fully saturated rings. The average molecular weight is 191 g/mol. The van der Waals surface area contributed by atoms with Crippen molar-refractivity contribution in [3.63, 3.8) is 0 Å². The quantitative estimate of drug-likeness (QED) is 0.515. The number of unbranched alkanes of at least 4 members (excludes halogenated alkanes) is 2. The monoisotopic (exact) mass is 190 g/mol. The van der Waals surface area contributed by atoms with Crippen LogP contribution in [-0.2, 0) is 0 Å². The van der Waals surface area contributed by atoms with Crippen molar-refractivity contribution in [3.05, 3.63) is 0 Å². The molecule has 0 aromatic rings. The molecule has 0 amide bonds. The first kappa shape index (κ1) is 12.3. The third-order valence-corrected chi connectivity index (χ3v) is 2.86. The van der Waals surface area contributed by atoms with Crippen molar-refractivity contribution >= 4 is 11.6 Å². The van der Waals surface area contributed by atoms with Gasteiger partial charge in [-0.3, -0.25) is 0 Å². The smallest absolute Gasteiger partial charge is 0.0336 e. The lowest BCUT2D eigenvalue weighted by Gasteiger charge is -2.18. The number of rotatable bonds is 7. The predicted molar refractivity (Wildman–Crippen MR) is 57.9 cm³/mol. The van der Waals surface area contributed by atoms with E-state index in [-0.39, 0.29) is 0 Å². The van der Waals surface area contributed by atoms with Crippen LogP contribution < -0.4 is 0 Å². The van der Waals surface area contributed by atoms with E-state index in [4.69, 9.17) is 11.6 Å².